The maximum atomic E-state index is 10.3. The van der Waals surface area contributed by atoms with Crippen molar-refractivity contribution in [1.29, 1.82) is 0 Å². The Hall–Kier alpha value is -1.53. The van der Waals surface area contributed by atoms with E-state index < -0.39 is 0 Å². The predicted octanol–water partition coefficient (Wildman–Crippen LogP) is 4.02. The summed E-state index contributed by atoms with van der Waals surface area (Å²) in [6.07, 6.45) is 0.687. The third-order valence-electron chi connectivity index (χ3n) is 4.43. The van der Waals surface area contributed by atoms with Gasteiger partial charge in [-0.1, -0.05) is 12.1 Å². The van der Waals surface area contributed by atoms with Gasteiger partial charge in [-0.05, 0) is 46.7 Å². The lowest BCUT2D eigenvalue weighted by Gasteiger charge is -2.22. The summed E-state index contributed by atoms with van der Waals surface area (Å²) in [4.78, 5) is 3.53. The van der Waals surface area contributed by atoms with Crippen LogP contribution >= 0.6 is 28.1 Å². The van der Waals surface area contributed by atoms with Crippen molar-refractivity contribution in [3.63, 3.8) is 0 Å². The third-order valence-corrected chi connectivity index (χ3v) is 5.56. The van der Waals surface area contributed by atoms with E-state index in [1.165, 1.54) is 16.6 Å². The Bertz CT molecular complexity index is 950. The fraction of sp³-hybridized carbons (Fsp3) is 0.267. The molecular weight excluding hydrogens is 350 g/mol. The number of hydrogen-bond donors (Lipinski definition) is 2. The number of fused-ring (bicyclic) bond motifs is 4. The number of benzene rings is 1. The van der Waals surface area contributed by atoms with Gasteiger partial charge in [0.05, 0.1) is 17.3 Å². The maximum absolute atomic E-state index is 10.3. The van der Waals surface area contributed by atoms with Crippen LogP contribution < -0.4 is 0 Å². The summed E-state index contributed by atoms with van der Waals surface area (Å²) in [5, 5.41) is 11.5. The van der Waals surface area contributed by atoms with Crippen LogP contribution in [0.4, 0.5) is 0 Å². The minimum atomic E-state index is 0.0858. The highest BCUT2D eigenvalue weighted by atomic mass is 79.9. The van der Waals surface area contributed by atoms with Crippen LogP contribution in [-0.4, -0.2) is 19.2 Å². The number of aromatic nitrogens is 3. The van der Waals surface area contributed by atoms with Crippen LogP contribution in [0.3, 0.4) is 0 Å². The molecule has 4 nitrogen and oxygen atoms in total. The van der Waals surface area contributed by atoms with Gasteiger partial charge in [0.1, 0.15) is 0 Å². The lowest BCUT2D eigenvalue weighted by molar-refractivity contribution is 0.423. The van der Waals surface area contributed by atoms with Gasteiger partial charge in [0, 0.05) is 29.0 Å². The van der Waals surface area contributed by atoms with E-state index >= 15 is 0 Å². The van der Waals surface area contributed by atoms with Crippen LogP contribution in [0, 0.1) is 4.77 Å². The van der Waals surface area contributed by atoms with Gasteiger partial charge in [0.25, 0.3) is 0 Å². The molecule has 3 heterocycles. The standard InChI is InChI=1S/C15H14BrN3OS/c1-7-12-9(8-4-3-5-10(16)13(8)17-12)6-11-14(20)18(2)15(21)19(7)11/h3-5,7,17,20H,6H2,1-2H3/t7-/m0/s1. The van der Waals surface area contributed by atoms with E-state index in [4.69, 9.17) is 12.2 Å². The van der Waals surface area contributed by atoms with E-state index in [2.05, 4.69) is 33.9 Å². The number of aromatic hydroxyl groups is 1. The van der Waals surface area contributed by atoms with Crippen LogP contribution in [0.15, 0.2) is 22.7 Å². The number of hydrogen-bond acceptors (Lipinski definition) is 2. The molecule has 0 saturated carbocycles. The van der Waals surface area contributed by atoms with Gasteiger partial charge in [-0.25, -0.2) is 0 Å². The first-order valence-electron chi connectivity index (χ1n) is 6.78. The zero-order chi connectivity index (χ0) is 14.9. The molecule has 108 valence electrons. The maximum Gasteiger partial charge on any atom is 0.213 e. The normalized spacial score (nSPS) is 17.0. The monoisotopic (exact) mass is 363 g/mol. The number of halogens is 1. The van der Waals surface area contributed by atoms with E-state index in [-0.39, 0.29) is 11.9 Å². The van der Waals surface area contributed by atoms with Crippen LogP contribution in [-0.2, 0) is 13.5 Å². The van der Waals surface area contributed by atoms with Crippen LogP contribution in [0.5, 0.6) is 5.88 Å². The Balaban J connectivity index is 2.06. The van der Waals surface area contributed by atoms with Gasteiger partial charge < -0.3 is 14.7 Å². The Kier molecular flexibility index (Phi) is 2.65. The number of imidazole rings is 1. The number of aromatic amines is 1. The molecule has 1 aliphatic heterocycles. The Morgan fingerprint density at radius 1 is 1.43 bits per heavy atom. The first kappa shape index (κ1) is 13.2. The molecule has 0 bridgehead atoms. The molecule has 0 saturated heterocycles. The average molecular weight is 364 g/mol. The lowest BCUT2D eigenvalue weighted by Crippen LogP contribution is -2.18. The Morgan fingerprint density at radius 2 is 2.19 bits per heavy atom. The Morgan fingerprint density at radius 3 is 2.95 bits per heavy atom. The molecule has 0 amide bonds. The lowest BCUT2D eigenvalue weighted by atomic mass is 9.98. The van der Waals surface area contributed by atoms with Crippen molar-refractivity contribution in [3.05, 3.63) is 44.4 Å². The Labute approximate surface area is 135 Å². The molecule has 1 aromatic carbocycles. The molecule has 1 atom stereocenters. The molecule has 0 radical (unpaired) electrons. The van der Waals surface area contributed by atoms with E-state index in [0.29, 0.717) is 11.2 Å². The highest BCUT2D eigenvalue weighted by Gasteiger charge is 2.30. The fourth-order valence-electron chi connectivity index (χ4n) is 3.33. The van der Waals surface area contributed by atoms with E-state index in [9.17, 15) is 5.11 Å². The number of rotatable bonds is 0. The highest BCUT2D eigenvalue weighted by Crippen LogP contribution is 2.40. The molecule has 2 N–H and O–H groups in total. The predicted molar refractivity (Wildman–Crippen MR) is 88.5 cm³/mol. The number of para-hydroxylation sites is 1. The first-order valence-corrected chi connectivity index (χ1v) is 7.98. The molecular formula is C15H14BrN3OS. The highest BCUT2D eigenvalue weighted by molar-refractivity contribution is 9.10. The molecule has 2 aromatic heterocycles. The summed E-state index contributed by atoms with van der Waals surface area (Å²) in [5.41, 5.74) is 4.42. The minimum Gasteiger partial charge on any atom is -0.493 e. The molecule has 0 fully saturated rings. The number of nitrogens with zero attached hydrogens (tertiary/aromatic N) is 2. The smallest absolute Gasteiger partial charge is 0.213 e. The van der Waals surface area contributed by atoms with Crippen LogP contribution in [0.2, 0.25) is 0 Å². The van der Waals surface area contributed by atoms with E-state index in [1.807, 2.05) is 16.7 Å². The number of nitrogens with one attached hydrogen (secondary N) is 1. The number of H-pyrrole nitrogens is 1. The summed E-state index contributed by atoms with van der Waals surface area (Å²) in [7, 11) is 1.80. The largest absolute Gasteiger partial charge is 0.493 e. The molecule has 3 aromatic rings. The van der Waals surface area contributed by atoms with Gasteiger partial charge in [-0.15, -0.1) is 0 Å². The molecule has 6 heteroatoms. The van der Waals surface area contributed by atoms with E-state index in [1.54, 1.807) is 11.6 Å². The summed E-state index contributed by atoms with van der Waals surface area (Å²) < 4.78 is 5.42. The van der Waals surface area contributed by atoms with Gasteiger partial charge in [0.2, 0.25) is 5.88 Å². The third kappa shape index (κ3) is 1.57. The first-order chi connectivity index (χ1) is 10.0. The quantitative estimate of drug-likeness (QED) is 0.592. The summed E-state index contributed by atoms with van der Waals surface area (Å²) >= 11 is 9.05. The van der Waals surface area contributed by atoms with Gasteiger partial charge in [-0.2, -0.15) is 0 Å². The summed E-state index contributed by atoms with van der Waals surface area (Å²) in [6, 6.07) is 6.28. The van der Waals surface area contributed by atoms with Crippen molar-refractivity contribution in [3.8, 4) is 5.88 Å². The second-order valence-corrected chi connectivity index (χ2v) is 6.73. The second-order valence-electron chi connectivity index (χ2n) is 5.51. The van der Waals surface area contributed by atoms with Crippen molar-refractivity contribution in [1.82, 2.24) is 14.1 Å². The van der Waals surface area contributed by atoms with Crippen molar-refractivity contribution in [2.45, 2.75) is 19.4 Å². The summed E-state index contributed by atoms with van der Waals surface area (Å²) in [6.45, 7) is 2.11. The van der Waals surface area contributed by atoms with Gasteiger partial charge in [-0.3, -0.25) is 4.57 Å². The SMILES string of the molecule is C[C@H]1c2[nH]c3c(Br)cccc3c2Cc2c(O)n(C)c(=S)n21. The van der Waals surface area contributed by atoms with Crippen molar-refractivity contribution in [2.24, 2.45) is 7.05 Å². The molecule has 21 heavy (non-hydrogen) atoms. The van der Waals surface area contributed by atoms with Gasteiger partial charge in [0.15, 0.2) is 4.77 Å². The average Bonchev–Trinajstić information content (AvgIpc) is 2.94. The van der Waals surface area contributed by atoms with Crippen molar-refractivity contribution < 1.29 is 5.11 Å². The zero-order valence-electron chi connectivity index (χ0n) is 11.6. The van der Waals surface area contributed by atoms with Crippen LogP contribution in [0.1, 0.15) is 29.9 Å². The van der Waals surface area contributed by atoms with Crippen molar-refractivity contribution in [2.75, 3.05) is 0 Å². The fourth-order valence-corrected chi connectivity index (χ4v) is 4.15. The zero-order valence-corrected chi connectivity index (χ0v) is 14.0. The van der Waals surface area contributed by atoms with Crippen LogP contribution in [0.25, 0.3) is 10.9 Å². The van der Waals surface area contributed by atoms with Gasteiger partial charge >= 0.3 is 0 Å². The molecule has 0 unspecified atom stereocenters. The van der Waals surface area contributed by atoms with E-state index in [0.717, 1.165) is 15.7 Å². The molecule has 1 aliphatic rings. The van der Waals surface area contributed by atoms with Crippen molar-refractivity contribution >= 4 is 39.1 Å². The topological polar surface area (TPSA) is 45.9 Å². The minimum absolute atomic E-state index is 0.0858. The molecule has 0 aliphatic carbocycles. The summed E-state index contributed by atoms with van der Waals surface area (Å²) in [5.74, 6) is 0.266. The molecule has 0 spiro atoms. The molecule has 4 rings (SSSR count). The second kappa shape index (κ2) is 4.24.